The lowest BCUT2D eigenvalue weighted by molar-refractivity contribution is -0.137. The Morgan fingerprint density at radius 1 is 0.800 bits per heavy atom. The topological polar surface area (TPSA) is 54.0 Å². The van der Waals surface area contributed by atoms with E-state index in [0.29, 0.717) is 26.4 Å². The van der Waals surface area contributed by atoms with Crippen molar-refractivity contribution in [2.45, 2.75) is 92.0 Å². The van der Waals surface area contributed by atoms with Crippen LogP contribution in [0.1, 0.15) is 59.6 Å². The second-order valence-electron chi connectivity index (χ2n) is 10.9. The normalized spacial score (nSPS) is 15.9. The van der Waals surface area contributed by atoms with Crippen LogP contribution in [0.4, 0.5) is 0 Å². The van der Waals surface area contributed by atoms with Gasteiger partial charge in [-0.25, -0.2) is 4.79 Å². The van der Waals surface area contributed by atoms with Crippen molar-refractivity contribution in [3.05, 3.63) is 83.9 Å². The van der Waals surface area contributed by atoms with E-state index in [9.17, 15) is 4.79 Å². The summed E-state index contributed by atoms with van der Waals surface area (Å²) < 4.78 is 25.2. The molecule has 0 unspecified atom stereocenters. The van der Waals surface area contributed by atoms with Gasteiger partial charge < -0.3 is 18.6 Å². The molecule has 0 saturated carbocycles. The summed E-state index contributed by atoms with van der Waals surface area (Å²) in [4.78, 5) is 12.1. The summed E-state index contributed by atoms with van der Waals surface area (Å²) in [6.07, 6.45) is 3.30. The van der Waals surface area contributed by atoms with Gasteiger partial charge in [-0.15, -0.1) is 0 Å². The molecule has 0 spiro atoms. The molecule has 5 atom stereocenters. The molecule has 0 aliphatic heterocycles. The van der Waals surface area contributed by atoms with Crippen molar-refractivity contribution < 1.29 is 23.4 Å². The molecule has 0 aromatic heterocycles. The summed E-state index contributed by atoms with van der Waals surface area (Å²) in [6, 6.07) is 23.7. The third-order valence-electron chi connectivity index (χ3n) is 8.03. The molecule has 0 aliphatic carbocycles. The summed E-state index contributed by atoms with van der Waals surface area (Å²) in [5, 5.41) is 0. The molecule has 0 fully saturated rings. The van der Waals surface area contributed by atoms with Crippen LogP contribution in [0.25, 0.3) is 0 Å². The van der Waals surface area contributed by atoms with E-state index in [1.807, 2.05) is 49.4 Å². The first-order valence-electron chi connectivity index (χ1n) is 15.1. The molecule has 2 aromatic carbocycles. The molecule has 0 bridgehead atoms. The zero-order valence-electron chi connectivity index (χ0n) is 25.8. The van der Waals surface area contributed by atoms with Crippen molar-refractivity contribution in [3.63, 3.8) is 0 Å². The van der Waals surface area contributed by atoms with Crippen LogP contribution in [-0.2, 0) is 36.6 Å². The van der Waals surface area contributed by atoms with E-state index < -0.39 is 8.32 Å². The van der Waals surface area contributed by atoms with Gasteiger partial charge in [0, 0.05) is 17.9 Å². The van der Waals surface area contributed by atoms with Crippen LogP contribution in [0.3, 0.4) is 0 Å². The van der Waals surface area contributed by atoms with E-state index >= 15 is 0 Å². The number of carbonyl (C=O) groups excluding carboxylic acids is 1. The van der Waals surface area contributed by atoms with E-state index in [-0.39, 0.29) is 35.9 Å². The van der Waals surface area contributed by atoms with Gasteiger partial charge in [0.15, 0.2) is 8.32 Å². The molecule has 6 heteroatoms. The van der Waals surface area contributed by atoms with Crippen LogP contribution >= 0.6 is 0 Å². The average molecular weight is 569 g/mol. The Morgan fingerprint density at radius 3 is 1.88 bits per heavy atom. The van der Waals surface area contributed by atoms with Crippen molar-refractivity contribution in [3.8, 4) is 0 Å². The van der Waals surface area contributed by atoms with Crippen LogP contribution in [0.5, 0.6) is 0 Å². The molecular weight excluding hydrogens is 516 g/mol. The van der Waals surface area contributed by atoms with Gasteiger partial charge in [-0.3, -0.25) is 0 Å². The van der Waals surface area contributed by atoms with Crippen LogP contribution < -0.4 is 0 Å². The second-order valence-corrected chi connectivity index (χ2v) is 15.6. The molecule has 222 valence electrons. The van der Waals surface area contributed by atoms with Crippen molar-refractivity contribution >= 4 is 14.3 Å². The molecule has 0 N–H and O–H groups in total. The Hall–Kier alpha value is -2.25. The van der Waals surface area contributed by atoms with E-state index in [4.69, 9.17) is 18.6 Å². The number of ether oxygens (including phenoxy) is 3. The minimum Gasteiger partial charge on any atom is -0.463 e. The van der Waals surface area contributed by atoms with Crippen LogP contribution in [0, 0.1) is 17.8 Å². The number of benzene rings is 2. The largest absolute Gasteiger partial charge is 0.463 e. The van der Waals surface area contributed by atoms with Gasteiger partial charge in [0.2, 0.25) is 0 Å². The average Bonchev–Trinajstić information content (AvgIpc) is 2.98. The molecular formula is C34H52O5Si. The van der Waals surface area contributed by atoms with Gasteiger partial charge in [-0.2, -0.15) is 0 Å². The lowest BCUT2D eigenvalue weighted by Gasteiger charge is -2.42. The highest BCUT2D eigenvalue weighted by Gasteiger charge is 2.39. The first-order chi connectivity index (χ1) is 19.3. The molecule has 0 amide bonds. The Labute approximate surface area is 244 Å². The number of rotatable bonds is 19. The lowest BCUT2D eigenvalue weighted by Crippen LogP contribution is -2.48. The van der Waals surface area contributed by atoms with Crippen molar-refractivity contribution in [2.75, 3.05) is 13.2 Å². The SMILES string of the molecule is CCOC(=O)/C=C/[C@H](C)[C@H](O[Si](CC)(CC)CC)[C@@H](C)[C@@H](OCc1ccccc1)[C@@H](C)COCc1ccccc1. The van der Waals surface area contributed by atoms with Gasteiger partial charge in [-0.1, -0.05) is 108 Å². The first kappa shape index (κ1) is 34.0. The predicted molar refractivity (Wildman–Crippen MR) is 166 cm³/mol. The quantitative estimate of drug-likeness (QED) is 0.0971. The first-order valence-corrected chi connectivity index (χ1v) is 17.6. The van der Waals surface area contributed by atoms with Gasteiger partial charge in [-0.05, 0) is 42.1 Å². The van der Waals surface area contributed by atoms with Gasteiger partial charge in [0.05, 0.1) is 38.6 Å². The van der Waals surface area contributed by atoms with E-state index in [2.05, 4.69) is 65.8 Å². The number of hydrogen-bond acceptors (Lipinski definition) is 5. The van der Waals surface area contributed by atoms with Crippen LogP contribution in [-0.4, -0.2) is 39.7 Å². The fraction of sp³-hybridized carbons (Fsp3) is 0.559. The third-order valence-corrected chi connectivity index (χ3v) is 12.7. The van der Waals surface area contributed by atoms with E-state index in [1.165, 1.54) is 0 Å². The monoisotopic (exact) mass is 568 g/mol. The fourth-order valence-corrected chi connectivity index (χ4v) is 8.34. The Morgan fingerprint density at radius 2 is 1.35 bits per heavy atom. The maximum absolute atomic E-state index is 12.1. The highest BCUT2D eigenvalue weighted by atomic mass is 28.4. The summed E-state index contributed by atoms with van der Waals surface area (Å²) >= 11 is 0. The molecule has 0 heterocycles. The smallest absolute Gasteiger partial charge is 0.330 e. The van der Waals surface area contributed by atoms with Crippen LogP contribution in [0.15, 0.2) is 72.8 Å². The standard InChI is InChI=1S/C34H52O5Si/c1-8-37-32(35)23-22-27(5)34(39-40(9-2,10-3)11-4)29(7)33(38-26-31-20-16-13-17-21-31)28(6)24-36-25-30-18-14-12-15-19-30/h12-23,27-29,33-34H,8-11,24-26H2,1-7H3/b23-22+/t27-,28-,29-,33-,34-/m0/s1. The summed E-state index contributed by atoms with van der Waals surface area (Å²) in [7, 11) is -1.95. The molecule has 40 heavy (non-hydrogen) atoms. The molecule has 0 radical (unpaired) electrons. The lowest BCUT2D eigenvalue weighted by atomic mass is 9.84. The highest BCUT2D eigenvalue weighted by Crippen LogP contribution is 2.34. The molecule has 2 aromatic rings. The van der Waals surface area contributed by atoms with Gasteiger partial charge in [0.25, 0.3) is 0 Å². The van der Waals surface area contributed by atoms with Crippen molar-refractivity contribution in [1.29, 1.82) is 0 Å². The van der Waals surface area contributed by atoms with Gasteiger partial charge >= 0.3 is 5.97 Å². The van der Waals surface area contributed by atoms with E-state index in [0.717, 1.165) is 29.3 Å². The zero-order chi connectivity index (χ0) is 29.4. The summed E-state index contributed by atoms with van der Waals surface area (Å²) in [6.45, 7) is 17.2. The number of esters is 1. The number of carbonyl (C=O) groups is 1. The predicted octanol–water partition coefficient (Wildman–Crippen LogP) is 8.21. The van der Waals surface area contributed by atoms with E-state index in [1.54, 1.807) is 6.08 Å². The Balaban J connectivity index is 2.32. The fourth-order valence-electron chi connectivity index (χ4n) is 5.33. The van der Waals surface area contributed by atoms with Gasteiger partial charge in [0.1, 0.15) is 0 Å². The molecule has 0 aliphatic rings. The molecule has 2 rings (SSSR count). The third kappa shape index (κ3) is 11.0. The Bertz CT molecular complexity index is 968. The summed E-state index contributed by atoms with van der Waals surface area (Å²) in [5.41, 5.74) is 2.30. The second kappa shape index (κ2) is 18.2. The van der Waals surface area contributed by atoms with Crippen molar-refractivity contribution in [2.24, 2.45) is 17.8 Å². The number of hydrogen-bond donors (Lipinski definition) is 0. The van der Waals surface area contributed by atoms with Crippen molar-refractivity contribution in [1.82, 2.24) is 0 Å². The Kier molecular flexibility index (Phi) is 15.5. The summed E-state index contributed by atoms with van der Waals surface area (Å²) in [5.74, 6) is -0.102. The molecule has 0 saturated heterocycles. The molecule has 5 nitrogen and oxygen atoms in total. The minimum atomic E-state index is -1.95. The maximum Gasteiger partial charge on any atom is 0.330 e. The maximum atomic E-state index is 12.1. The minimum absolute atomic E-state index is 0.0104. The van der Waals surface area contributed by atoms with Crippen LogP contribution in [0.2, 0.25) is 18.1 Å². The highest BCUT2D eigenvalue weighted by molar-refractivity contribution is 6.73. The zero-order valence-corrected chi connectivity index (χ0v) is 26.8.